The van der Waals surface area contributed by atoms with Gasteiger partial charge in [-0.1, -0.05) is 6.07 Å². The number of fused-ring (bicyclic) bond motifs is 1. The summed E-state index contributed by atoms with van der Waals surface area (Å²) in [6.07, 6.45) is 2.81. The summed E-state index contributed by atoms with van der Waals surface area (Å²) in [7, 11) is 2.10. The van der Waals surface area contributed by atoms with Crippen LogP contribution in [0.3, 0.4) is 0 Å². The lowest BCUT2D eigenvalue weighted by Gasteiger charge is -2.29. The Labute approximate surface area is 168 Å². The molecule has 1 aliphatic carbocycles. The Kier molecular flexibility index (Phi) is 4.11. The van der Waals surface area contributed by atoms with E-state index in [1.165, 1.54) is 12.8 Å². The molecular formula is C21H24N4O4. The van der Waals surface area contributed by atoms with E-state index in [0.29, 0.717) is 29.1 Å². The van der Waals surface area contributed by atoms with Crippen molar-refractivity contribution in [2.24, 2.45) is 5.41 Å². The van der Waals surface area contributed by atoms with Crippen LogP contribution in [-0.2, 0) is 16.1 Å². The lowest BCUT2D eigenvalue weighted by molar-refractivity contribution is -0.136. The van der Waals surface area contributed by atoms with Gasteiger partial charge in [-0.3, -0.25) is 34.3 Å². The molecule has 29 heavy (non-hydrogen) atoms. The van der Waals surface area contributed by atoms with Crippen LogP contribution in [0.2, 0.25) is 0 Å². The Balaban J connectivity index is 1.35. The molecule has 4 aliphatic rings. The number of carbonyl (C=O) groups excluding carboxylic acids is 4. The maximum Gasteiger partial charge on any atom is 0.262 e. The summed E-state index contributed by atoms with van der Waals surface area (Å²) in [5.41, 5.74) is 2.05. The van der Waals surface area contributed by atoms with E-state index in [1.54, 1.807) is 12.1 Å². The predicted molar refractivity (Wildman–Crippen MR) is 103 cm³/mol. The van der Waals surface area contributed by atoms with Crippen LogP contribution >= 0.6 is 0 Å². The van der Waals surface area contributed by atoms with E-state index >= 15 is 0 Å². The van der Waals surface area contributed by atoms with Crippen molar-refractivity contribution in [2.75, 3.05) is 20.1 Å². The first-order chi connectivity index (χ1) is 13.9. The van der Waals surface area contributed by atoms with Gasteiger partial charge in [-0.25, -0.2) is 0 Å². The van der Waals surface area contributed by atoms with Crippen molar-refractivity contribution in [3.63, 3.8) is 0 Å². The molecule has 0 bridgehead atoms. The second-order valence-electron chi connectivity index (χ2n) is 8.75. The highest BCUT2D eigenvalue weighted by Gasteiger charge is 2.53. The Hall–Kier alpha value is -2.58. The largest absolute Gasteiger partial charge is 0.315 e. The molecule has 1 aromatic rings. The lowest BCUT2D eigenvalue weighted by Crippen LogP contribution is -2.54. The van der Waals surface area contributed by atoms with Crippen LogP contribution in [0.1, 0.15) is 52.0 Å². The number of rotatable bonds is 4. The molecule has 152 valence electrons. The molecule has 2 N–H and O–H groups in total. The molecular weight excluding hydrogens is 372 g/mol. The highest BCUT2D eigenvalue weighted by molar-refractivity contribution is 6.23. The molecule has 1 spiro atoms. The molecule has 8 nitrogen and oxygen atoms in total. The number of amides is 4. The lowest BCUT2D eigenvalue weighted by atomic mass is 9.98. The summed E-state index contributed by atoms with van der Waals surface area (Å²) < 4.78 is 0. The molecule has 3 aliphatic heterocycles. The van der Waals surface area contributed by atoms with Crippen molar-refractivity contribution < 1.29 is 19.2 Å². The summed E-state index contributed by atoms with van der Waals surface area (Å²) in [6, 6.07) is 4.90. The maximum atomic E-state index is 13.0. The van der Waals surface area contributed by atoms with E-state index in [1.807, 2.05) is 6.07 Å². The first-order valence-corrected chi connectivity index (χ1v) is 10.2. The fraction of sp³-hybridized carbons (Fsp3) is 0.524. The summed E-state index contributed by atoms with van der Waals surface area (Å²) in [5, 5.41) is 5.71. The zero-order valence-electron chi connectivity index (χ0n) is 16.4. The van der Waals surface area contributed by atoms with Crippen molar-refractivity contribution in [2.45, 2.75) is 44.3 Å². The van der Waals surface area contributed by atoms with Crippen molar-refractivity contribution in [3.05, 3.63) is 34.9 Å². The van der Waals surface area contributed by atoms with E-state index in [-0.39, 0.29) is 18.7 Å². The van der Waals surface area contributed by atoms with Crippen molar-refractivity contribution in [1.29, 1.82) is 0 Å². The Morgan fingerprint density at radius 3 is 2.62 bits per heavy atom. The molecule has 2 unspecified atom stereocenters. The Bertz CT molecular complexity index is 939. The molecule has 4 amide bonds. The highest BCUT2D eigenvalue weighted by atomic mass is 16.2. The fourth-order valence-electron chi connectivity index (χ4n) is 5.10. The van der Waals surface area contributed by atoms with Crippen LogP contribution in [0, 0.1) is 5.41 Å². The predicted octanol–water partition coefficient (Wildman–Crippen LogP) is 0.272. The molecule has 5 rings (SSSR count). The van der Waals surface area contributed by atoms with Gasteiger partial charge in [-0.05, 0) is 49.4 Å². The molecule has 3 heterocycles. The standard InChI is InChI=1S/C21H24N4O4/c1-24(16-9-22-11-21(16)6-7-21)10-12-2-3-13-14(8-12)20(29)25(19(13)28)15-4-5-17(26)23-18(15)27/h2-3,8,15-16,22H,4-7,9-11H2,1H3,(H,23,26,27). The van der Waals surface area contributed by atoms with Gasteiger partial charge < -0.3 is 5.32 Å². The zero-order valence-corrected chi connectivity index (χ0v) is 16.4. The summed E-state index contributed by atoms with van der Waals surface area (Å²) >= 11 is 0. The number of piperidine rings is 1. The first-order valence-electron chi connectivity index (χ1n) is 10.2. The fourth-order valence-corrected chi connectivity index (χ4v) is 5.10. The summed E-state index contributed by atoms with van der Waals surface area (Å²) in [6.45, 7) is 2.74. The van der Waals surface area contributed by atoms with Crippen LogP contribution < -0.4 is 10.6 Å². The summed E-state index contributed by atoms with van der Waals surface area (Å²) in [4.78, 5) is 52.7. The molecule has 0 radical (unpaired) electrons. The van der Waals surface area contributed by atoms with E-state index in [2.05, 4.69) is 22.6 Å². The van der Waals surface area contributed by atoms with Crippen LogP contribution in [0.25, 0.3) is 0 Å². The quantitative estimate of drug-likeness (QED) is 0.709. The van der Waals surface area contributed by atoms with Gasteiger partial charge in [-0.2, -0.15) is 0 Å². The van der Waals surface area contributed by atoms with E-state index < -0.39 is 23.8 Å². The monoisotopic (exact) mass is 396 g/mol. The van der Waals surface area contributed by atoms with Crippen LogP contribution in [0.5, 0.6) is 0 Å². The number of imide groups is 2. The third-order valence-electron chi connectivity index (χ3n) is 6.88. The SMILES string of the molecule is CN(Cc1ccc2c(c1)C(=O)N(C1CCC(=O)NC1=O)C2=O)C1CNCC12CC2. The molecule has 2 atom stereocenters. The number of nitrogens with zero attached hydrogens (tertiary/aromatic N) is 2. The van der Waals surface area contributed by atoms with E-state index in [9.17, 15) is 19.2 Å². The minimum Gasteiger partial charge on any atom is -0.315 e. The summed E-state index contributed by atoms with van der Waals surface area (Å²) in [5.74, 6) is -1.87. The molecule has 2 saturated heterocycles. The van der Waals surface area contributed by atoms with Crippen molar-refractivity contribution in [1.82, 2.24) is 20.4 Å². The van der Waals surface area contributed by atoms with Gasteiger partial charge in [0.1, 0.15) is 6.04 Å². The van der Waals surface area contributed by atoms with Gasteiger partial charge >= 0.3 is 0 Å². The topological polar surface area (TPSA) is 98.8 Å². The third kappa shape index (κ3) is 2.89. The number of nitrogens with one attached hydrogen (secondary N) is 2. The molecule has 1 saturated carbocycles. The Morgan fingerprint density at radius 1 is 1.14 bits per heavy atom. The second-order valence-corrected chi connectivity index (χ2v) is 8.75. The number of hydrogen-bond acceptors (Lipinski definition) is 6. The highest BCUT2D eigenvalue weighted by Crippen LogP contribution is 2.52. The first kappa shape index (κ1) is 18.4. The van der Waals surface area contributed by atoms with E-state index in [4.69, 9.17) is 0 Å². The Morgan fingerprint density at radius 2 is 1.90 bits per heavy atom. The van der Waals surface area contributed by atoms with Crippen molar-refractivity contribution >= 4 is 23.6 Å². The minimum absolute atomic E-state index is 0.122. The van der Waals surface area contributed by atoms with Crippen LogP contribution in [0.4, 0.5) is 0 Å². The number of hydrogen-bond donors (Lipinski definition) is 2. The molecule has 8 heteroatoms. The van der Waals surface area contributed by atoms with E-state index in [0.717, 1.165) is 23.6 Å². The minimum atomic E-state index is -0.925. The molecule has 3 fully saturated rings. The van der Waals surface area contributed by atoms with Crippen LogP contribution in [0.15, 0.2) is 18.2 Å². The maximum absolute atomic E-state index is 13.0. The molecule has 1 aromatic carbocycles. The number of likely N-dealkylation sites (N-methyl/N-ethyl adjacent to an activating group) is 1. The van der Waals surface area contributed by atoms with Gasteiger partial charge in [0.15, 0.2) is 0 Å². The van der Waals surface area contributed by atoms with Crippen molar-refractivity contribution in [3.8, 4) is 0 Å². The van der Waals surface area contributed by atoms with Gasteiger partial charge in [-0.15, -0.1) is 0 Å². The average Bonchev–Trinajstić information content (AvgIpc) is 3.26. The normalized spacial score (nSPS) is 27.7. The van der Waals surface area contributed by atoms with Gasteiger partial charge in [0.05, 0.1) is 11.1 Å². The zero-order chi connectivity index (χ0) is 20.3. The molecule has 0 aromatic heterocycles. The van der Waals surface area contributed by atoms with Gasteiger partial charge in [0.25, 0.3) is 11.8 Å². The number of carbonyl (C=O) groups is 4. The van der Waals surface area contributed by atoms with Crippen LogP contribution in [-0.4, -0.2) is 65.6 Å². The third-order valence-corrected chi connectivity index (χ3v) is 6.88. The second kappa shape index (κ2) is 6.47. The number of benzene rings is 1. The average molecular weight is 396 g/mol. The van der Waals surface area contributed by atoms with Gasteiger partial charge in [0.2, 0.25) is 11.8 Å². The smallest absolute Gasteiger partial charge is 0.262 e. The van der Waals surface area contributed by atoms with Gasteiger partial charge in [0, 0.05) is 32.1 Å².